The predicted octanol–water partition coefficient (Wildman–Crippen LogP) is 4.14. The molecule has 6 nitrogen and oxygen atoms in total. The molecule has 4 rings (SSSR count). The molecule has 34 heavy (non-hydrogen) atoms. The molecule has 1 aromatic heterocycles. The highest BCUT2D eigenvalue weighted by Gasteiger charge is 2.27. The second-order valence-electron chi connectivity index (χ2n) is 8.94. The average Bonchev–Trinajstić information content (AvgIpc) is 2.87. The maximum Gasteiger partial charge on any atom is 0.225 e. The summed E-state index contributed by atoms with van der Waals surface area (Å²) in [5, 5.41) is 3.11. The van der Waals surface area contributed by atoms with Crippen molar-refractivity contribution in [3.8, 4) is 11.1 Å². The van der Waals surface area contributed by atoms with Crippen LogP contribution in [0.2, 0.25) is 0 Å². The molecule has 1 unspecified atom stereocenters. The molecule has 1 aliphatic heterocycles. The zero-order valence-corrected chi connectivity index (χ0v) is 19.7. The van der Waals surface area contributed by atoms with Gasteiger partial charge in [0.25, 0.3) is 0 Å². The van der Waals surface area contributed by atoms with Gasteiger partial charge in [-0.25, -0.2) is 14.4 Å². The Hall–Kier alpha value is -3.32. The minimum Gasteiger partial charge on any atom is -0.356 e. The number of hydrogen-bond donors (Lipinski definition) is 1. The Morgan fingerprint density at radius 1 is 1.12 bits per heavy atom. The molecular weight excluding hydrogens is 429 g/mol. The first-order valence-electron chi connectivity index (χ1n) is 11.9. The Balaban J connectivity index is 1.22. The Labute approximate surface area is 200 Å². The number of piperidine rings is 1. The van der Waals surface area contributed by atoms with E-state index in [0.29, 0.717) is 19.0 Å². The van der Waals surface area contributed by atoms with Gasteiger partial charge in [0.2, 0.25) is 11.9 Å². The molecule has 0 radical (unpaired) electrons. The molecule has 7 heteroatoms. The third-order valence-corrected chi connectivity index (χ3v) is 6.18. The van der Waals surface area contributed by atoms with Crippen LogP contribution in [0.25, 0.3) is 11.1 Å². The lowest BCUT2D eigenvalue weighted by atomic mass is 9.97. The molecule has 1 aliphatic rings. The largest absolute Gasteiger partial charge is 0.356 e. The van der Waals surface area contributed by atoms with Gasteiger partial charge in [0.05, 0.1) is 5.92 Å². The molecule has 1 N–H and O–H groups in total. The average molecular weight is 462 g/mol. The number of nitrogens with one attached hydrogen (secondary N) is 1. The molecule has 1 fully saturated rings. The van der Waals surface area contributed by atoms with Gasteiger partial charge in [0, 0.05) is 44.1 Å². The van der Waals surface area contributed by atoms with Crippen LogP contribution in [0.4, 0.5) is 10.3 Å². The van der Waals surface area contributed by atoms with E-state index < -0.39 is 0 Å². The van der Waals surface area contributed by atoms with Crippen molar-refractivity contribution in [2.45, 2.75) is 25.8 Å². The maximum atomic E-state index is 13.5. The third-order valence-electron chi connectivity index (χ3n) is 6.18. The highest BCUT2D eigenvalue weighted by molar-refractivity contribution is 5.79. The second kappa shape index (κ2) is 11.7. The van der Waals surface area contributed by atoms with Crippen LogP contribution < -0.4 is 10.2 Å². The fourth-order valence-corrected chi connectivity index (χ4v) is 4.35. The number of amides is 1. The summed E-state index contributed by atoms with van der Waals surface area (Å²) in [4.78, 5) is 26.1. The van der Waals surface area contributed by atoms with Gasteiger partial charge in [0.15, 0.2) is 0 Å². The normalized spacial score (nSPS) is 16.0. The first-order valence-corrected chi connectivity index (χ1v) is 11.9. The van der Waals surface area contributed by atoms with E-state index in [1.165, 1.54) is 17.7 Å². The van der Waals surface area contributed by atoms with Crippen molar-refractivity contribution in [3.05, 3.63) is 78.4 Å². The standard InChI is InChI=1S/C27H32FN5O/c1-32(19-21-8-3-2-4-9-21)14-7-13-29-26(34)23-11-6-15-33(20-23)27-30-17-24(18-31-27)22-10-5-12-25(28)16-22/h2-5,8-10,12,16-18,23H,6-7,11,13-15,19-20H2,1H3,(H,29,34). The van der Waals surface area contributed by atoms with Crippen LogP contribution in [0, 0.1) is 11.7 Å². The molecule has 1 atom stereocenters. The van der Waals surface area contributed by atoms with Crippen LogP contribution in [-0.2, 0) is 11.3 Å². The number of halogens is 1. The van der Waals surface area contributed by atoms with Gasteiger partial charge in [-0.2, -0.15) is 0 Å². The van der Waals surface area contributed by atoms with Crippen molar-refractivity contribution >= 4 is 11.9 Å². The summed E-state index contributed by atoms with van der Waals surface area (Å²) in [7, 11) is 2.10. The van der Waals surface area contributed by atoms with E-state index in [1.54, 1.807) is 18.5 Å². The molecule has 1 saturated heterocycles. The molecule has 2 heterocycles. The van der Waals surface area contributed by atoms with Gasteiger partial charge < -0.3 is 15.1 Å². The summed E-state index contributed by atoms with van der Waals surface area (Å²) < 4.78 is 13.5. The van der Waals surface area contributed by atoms with Crippen molar-refractivity contribution in [1.82, 2.24) is 20.2 Å². The number of rotatable bonds is 9. The molecule has 3 aromatic rings. The molecule has 1 amide bonds. The van der Waals surface area contributed by atoms with Crippen LogP contribution in [0.5, 0.6) is 0 Å². The van der Waals surface area contributed by atoms with Crippen LogP contribution in [0.1, 0.15) is 24.8 Å². The maximum absolute atomic E-state index is 13.5. The van der Waals surface area contributed by atoms with E-state index in [1.807, 2.05) is 12.1 Å². The quantitative estimate of drug-likeness (QED) is 0.486. The van der Waals surface area contributed by atoms with Crippen molar-refractivity contribution in [2.75, 3.05) is 38.1 Å². The highest BCUT2D eigenvalue weighted by atomic mass is 19.1. The summed E-state index contributed by atoms with van der Waals surface area (Å²) in [5.41, 5.74) is 2.81. The smallest absolute Gasteiger partial charge is 0.225 e. The lowest BCUT2D eigenvalue weighted by molar-refractivity contribution is -0.125. The second-order valence-corrected chi connectivity index (χ2v) is 8.94. The van der Waals surface area contributed by atoms with Crippen molar-refractivity contribution < 1.29 is 9.18 Å². The molecular formula is C27H32FN5O. The van der Waals surface area contributed by atoms with Gasteiger partial charge in [0.1, 0.15) is 5.82 Å². The number of hydrogen-bond acceptors (Lipinski definition) is 5. The fourth-order valence-electron chi connectivity index (χ4n) is 4.35. The molecule has 2 aromatic carbocycles. The Morgan fingerprint density at radius 2 is 1.91 bits per heavy atom. The molecule has 178 valence electrons. The fraction of sp³-hybridized carbons (Fsp3) is 0.370. The number of carbonyl (C=O) groups is 1. The topological polar surface area (TPSA) is 61.4 Å². The van der Waals surface area contributed by atoms with Crippen LogP contribution in [0.15, 0.2) is 67.0 Å². The lowest BCUT2D eigenvalue weighted by Crippen LogP contribution is -2.44. The monoisotopic (exact) mass is 461 g/mol. The highest BCUT2D eigenvalue weighted by Crippen LogP contribution is 2.23. The van der Waals surface area contributed by atoms with Crippen LogP contribution in [0.3, 0.4) is 0 Å². The summed E-state index contributed by atoms with van der Waals surface area (Å²) in [6.07, 6.45) is 6.14. The SMILES string of the molecule is CN(CCCNC(=O)C1CCCN(c2ncc(-c3cccc(F)c3)cn2)C1)Cc1ccccc1. The van der Waals surface area contributed by atoms with Gasteiger partial charge in [-0.3, -0.25) is 4.79 Å². The Morgan fingerprint density at radius 3 is 2.68 bits per heavy atom. The van der Waals surface area contributed by atoms with E-state index in [-0.39, 0.29) is 17.6 Å². The number of carbonyl (C=O) groups excluding carboxylic acids is 1. The molecule has 0 bridgehead atoms. The van der Waals surface area contributed by atoms with Crippen molar-refractivity contribution in [2.24, 2.45) is 5.92 Å². The molecule has 0 saturated carbocycles. The first-order chi connectivity index (χ1) is 16.6. The third kappa shape index (κ3) is 6.60. The van der Waals surface area contributed by atoms with Crippen molar-refractivity contribution in [3.63, 3.8) is 0 Å². The number of benzene rings is 2. The minimum absolute atomic E-state index is 0.0673. The number of anilines is 1. The number of nitrogens with zero attached hydrogens (tertiary/aromatic N) is 4. The summed E-state index contributed by atoms with van der Waals surface area (Å²) in [5.74, 6) is 0.364. The summed E-state index contributed by atoms with van der Waals surface area (Å²) >= 11 is 0. The first kappa shape index (κ1) is 23.8. The van der Waals surface area contributed by atoms with E-state index in [9.17, 15) is 9.18 Å². The van der Waals surface area contributed by atoms with E-state index in [4.69, 9.17) is 0 Å². The van der Waals surface area contributed by atoms with Gasteiger partial charge in [-0.1, -0.05) is 42.5 Å². The van der Waals surface area contributed by atoms with Gasteiger partial charge in [-0.05, 0) is 56.1 Å². The zero-order chi connectivity index (χ0) is 23.8. The Kier molecular flexibility index (Phi) is 8.20. The van der Waals surface area contributed by atoms with Crippen LogP contribution in [-0.4, -0.2) is 54.0 Å². The summed E-state index contributed by atoms with van der Waals surface area (Å²) in [6, 6.07) is 16.8. The zero-order valence-electron chi connectivity index (χ0n) is 19.7. The van der Waals surface area contributed by atoms with Gasteiger partial charge in [-0.15, -0.1) is 0 Å². The minimum atomic E-state index is -0.283. The van der Waals surface area contributed by atoms with Crippen molar-refractivity contribution in [1.29, 1.82) is 0 Å². The molecule has 0 spiro atoms. The summed E-state index contributed by atoms with van der Waals surface area (Å²) in [6.45, 7) is 3.95. The van der Waals surface area contributed by atoms with E-state index in [2.05, 4.69) is 56.4 Å². The van der Waals surface area contributed by atoms with E-state index >= 15 is 0 Å². The lowest BCUT2D eigenvalue weighted by Gasteiger charge is -2.32. The van der Waals surface area contributed by atoms with Crippen LogP contribution >= 0.6 is 0 Å². The van der Waals surface area contributed by atoms with Gasteiger partial charge >= 0.3 is 0 Å². The predicted molar refractivity (Wildman–Crippen MR) is 133 cm³/mol. The Bertz CT molecular complexity index is 1060. The molecule has 0 aliphatic carbocycles. The van der Waals surface area contributed by atoms with E-state index in [0.717, 1.165) is 50.0 Å². The number of aromatic nitrogens is 2.